The molecule has 1 aliphatic rings. The molecular formula is C17H27NO2. The highest BCUT2D eigenvalue weighted by molar-refractivity contribution is 5.39. The molecule has 0 spiro atoms. The Morgan fingerprint density at radius 1 is 1.15 bits per heavy atom. The van der Waals surface area contributed by atoms with Crippen LogP contribution in [0.4, 0.5) is 0 Å². The molecule has 2 rings (SSSR count). The van der Waals surface area contributed by atoms with E-state index in [4.69, 9.17) is 15.2 Å². The molecule has 0 heterocycles. The fraction of sp³-hybridized carbons (Fsp3) is 0.647. The van der Waals surface area contributed by atoms with E-state index < -0.39 is 0 Å². The second-order valence-corrected chi connectivity index (χ2v) is 5.56. The molecular weight excluding hydrogens is 250 g/mol. The molecule has 0 saturated heterocycles. The predicted octanol–water partition coefficient (Wildman–Crippen LogP) is 3.62. The first-order valence-corrected chi connectivity index (χ1v) is 7.89. The van der Waals surface area contributed by atoms with Crippen molar-refractivity contribution in [3.63, 3.8) is 0 Å². The van der Waals surface area contributed by atoms with E-state index in [9.17, 15) is 0 Å². The van der Waals surface area contributed by atoms with Crippen molar-refractivity contribution in [1.29, 1.82) is 0 Å². The third-order valence-corrected chi connectivity index (χ3v) is 4.26. The smallest absolute Gasteiger partial charge is 0.161 e. The van der Waals surface area contributed by atoms with Crippen molar-refractivity contribution in [2.24, 2.45) is 17.6 Å². The number of rotatable bonds is 8. The quantitative estimate of drug-likeness (QED) is 0.789. The van der Waals surface area contributed by atoms with Crippen LogP contribution in [0.15, 0.2) is 24.3 Å². The van der Waals surface area contributed by atoms with Gasteiger partial charge in [0.2, 0.25) is 0 Å². The molecule has 0 aliphatic heterocycles. The Kier molecular flexibility index (Phi) is 6.19. The van der Waals surface area contributed by atoms with Gasteiger partial charge in [0.05, 0.1) is 13.2 Å². The lowest BCUT2D eigenvalue weighted by Crippen LogP contribution is -2.23. The molecule has 1 aliphatic carbocycles. The Balaban J connectivity index is 1.82. The first-order chi connectivity index (χ1) is 9.85. The van der Waals surface area contributed by atoms with Gasteiger partial charge in [0.15, 0.2) is 11.5 Å². The van der Waals surface area contributed by atoms with E-state index in [2.05, 4.69) is 0 Å². The molecule has 0 amide bonds. The maximum Gasteiger partial charge on any atom is 0.161 e. The van der Waals surface area contributed by atoms with Gasteiger partial charge in [-0.1, -0.05) is 37.8 Å². The summed E-state index contributed by atoms with van der Waals surface area (Å²) >= 11 is 0. The molecule has 1 aromatic carbocycles. The van der Waals surface area contributed by atoms with Gasteiger partial charge in [-0.15, -0.1) is 0 Å². The molecule has 20 heavy (non-hydrogen) atoms. The molecule has 1 fully saturated rings. The van der Waals surface area contributed by atoms with Crippen molar-refractivity contribution in [2.75, 3.05) is 19.8 Å². The van der Waals surface area contributed by atoms with Crippen LogP contribution in [0.5, 0.6) is 11.5 Å². The van der Waals surface area contributed by atoms with Crippen LogP contribution in [0, 0.1) is 11.8 Å². The minimum atomic E-state index is 0.608. The average molecular weight is 277 g/mol. The van der Waals surface area contributed by atoms with E-state index in [1.165, 1.54) is 25.7 Å². The summed E-state index contributed by atoms with van der Waals surface area (Å²) in [6.07, 6.45) is 6.47. The van der Waals surface area contributed by atoms with Crippen LogP contribution in [-0.4, -0.2) is 19.8 Å². The van der Waals surface area contributed by atoms with Crippen molar-refractivity contribution in [2.45, 2.75) is 39.0 Å². The maximum atomic E-state index is 5.93. The minimum absolute atomic E-state index is 0.608. The Hall–Kier alpha value is -1.22. The molecule has 2 N–H and O–H groups in total. The van der Waals surface area contributed by atoms with E-state index in [1.807, 2.05) is 31.2 Å². The number of nitrogens with two attached hydrogens (primary N) is 1. The van der Waals surface area contributed by atoms with Crippen molar-refractivity contribution in [1.82, 2.24) is 0 Å². The zero-order valence-corrected chi connectivity index (χ0v) is 12.5. The first kappa shape index (κ1) is 15.2. The fourth-order valence-corrected chi connectivity index (χ4v) is 3.14. The van der Waals surface area contributed by atoms with Crippen LogP contribution in [0.2, 0.25) is 0 Å². The van der Waals surface area contributed by atoms with Crippen LogP contribution in [0.1, 0.15) is 39.0 Å². The molecule has 112 valence electrons. The van der Waals surface area contributed by atoms with E-state index in [0.29, 0.717) is 12.5 Å². The normalized spacial score (nSPS) is 17.1. The van der Waals surface area contributed by atoms with Crippen LogP contribution in [0.3, 0.4) is 0 Å². The topological polar surface area (TPSA) is 44.5 Å². The van der Waals surface area contributed by atoms with Gasteiger partial charge in [-0.25, -0.2) is 0 Å². The fourth-order valence-electron chi connectivity index (χ4n) is 3.14. The van der Waals surface area contributed by atoms with Crippen molar-refractivity contribution >= 4 is 0 Å². The molecule has 3 nitrogen and oxygen atoms in total. The SMILES string of the molecule is CCOc1ccccc1OCCC(CN)C1CCCC1. The van der Waals surface area contributed by atoms with Gasteiger partial charge in [0, 0.05) is 0 Å². The number of para-hydroxylation sites is 2. The minimum Gasteiger partial charge on any atom is -0.490 e. The molecule has 1 aromatic rings. The number of benzene rings is 1. The Morgan fingerprint density at radius 2 is 1.80 bits per heavy atom. The largest absolute Gasteiger partial charge is 0.490 e. The first-order valence-electron chi connectivity index (χ1n) is 7.89. The Labute approximate surface area is 122 Å². The van der Waals surface area contributed by atoms with Crippen molar-refractivity contribution in [3.05, 3.63) is 24.3 Å². The molecule has 1 saturated carbocycles. The van der Waals surface area contributed by atoms with Gasteiger partial charge in [0.25, 0.3) is 0 Å². The second-order valence-electron chi connectivity index (χ2n) is 5.56. The summed E-state index contributed by atoms with van der Waals surface area (Å²) in [6.45, 7) is 4.15. The van der Waals surface area contributed by atoms with Crippen LogP contribution < -0.4 is 15.2 Å². The van der Waals surface area contributed by atoms with E-state index in [1.54, 1.807) is 0 Å². The molecule has 0 bridgehead atoms. The van der Waals surface area contributed by atoms with Gasteiger partial charge >= 0.3 is 0 Å². The summed E-state index contributed by atoms with van der Waals surface area (Å²) < 4.78 is 11.5. The monoisotopic (exact) mass is 277 g/mol. The average Bonchev–Trinajstić information content (AvgIpc) is 2.99. The van der Waals surface area contributed by atoms with Gasteiger partial charge in [-0.05, 0) is 43.9 Å². The Bertz CT molecular complexity index is 388. The summed E-state index contributed by atoms with van der Waals surface area (Å²) in [7, 11) is 0. The highest BCUT2D eigenvalue weighted by Crippen LogP contribution is 2.33. The van der Waals surface area contributed by atoms with E-state index in [0.717, 1.165) is 37.0 Å². The van der Waals surface area contributed by atoms with Gasteiger partial charge < -0.3 is 15.2 Å². The second kappa shape index (κ2) is 8.15. The summed E-state index contributed by atoms with van der Waals surface area (Å²) in [5, 5.41) is 0. The standard InChI is InChI=1S/C17H27NO2/c1-2-19-16-9-5-6-10-17(16)20-12-11-15(13-18)14-7-3-4-8-14/h5-6,9-10,14-15H,2-4,7-8,11-13,18H2,1H3. The van der Waals surface area contributed by atoms with Gasteiger partial charge in [-0.3, -0.25) is 0 Å². The molecule has 1 unspecified atom stereocenters. The highest BCUT2D eigenvalue weighted by Gasteiger charge is 2.23. The lowest BCUT2D eigenvalue weighted by molar-refractivity contribution is 0.227. The predicted molar refractivity (Wildman–Crippen MR) is 82.2 cm³/mol. The van der Waals surface area contributed by atoms with Crippen molar-refractivity contribution < 1.29 is 9.47 Å². The summed E-state index contributed by atoms with van der Waals surface area (Å²) in [4.78, 5) is 0. The number of hydrogen-bond acceptors (Lipinski definition) is 3. The number of hydrogen-bond donors (Lipinski definition) is 1. The van der Waals surface area contributed by atoms with Gasteiger partial charge in [-0.2, -0.15) is 0 Å². The third-order valence-electron chi connectivity index (χ3n) is 4.26. The summed E-state index contributed by atoms with van der Waals surface area (Å²) in [6, 6.07) is 7.88. The van der Waals surface area contributed by atoms with Gasteiger partial charge in [0.1, 0.15) is 0 Å². The zero-order valence-electron chi connectivity index (χ0n) is 12.5. The summed E-state index contributed by atoms with van der Waals surface area (Å²) in [5.41, 5.74) is 5.93. The van der Waals surface area contributed by atoms with Crippen LogP contribution in [-0.2, 0) is 0 Å². The molecule has 0 aromatic heterocycles. The maximum absolute atomic E-state index is 5.93. The van der Waals surface area contributed by atoms with E-state index >= 15 is 0 Å². The lowest BCUT2D eigenvalue weighted by Gasteiger charge is -2.22. The van der Waals surface area contributed by atoms with Crippen molar-refractivity contribution in [3.8, 4) is 11.5 Å². The number of ether oxygens (including phenoxy) is 2. The third kappa shape index (κ3) is 4.14. The van der Waals surface area contributed by atoms with E-state index in [-0.39, 0.29) is 0 Å². The summed E-state index contributed by atoms with van der Waals surface area (Å²) in [5.74, 6) is 3.10. The highest BCUT2D eigenvalue weighted by atomic mass is 16.5. The molecule has 3 heteroatoms. The zero-order chi connectivity index (χ0) is 14.2. The Morgan fingerprint density at radius 3 is 2.40 bits per heavy atom. The molecule has 0 radical (unpaired) electrons. The van der Waals surface area contributed by atoms with Crippen LogP contribution >= 0.6 is 0 Å². The van der Waals surface area contributed by atoms with Crippen LogP contribution in [0.25, 0.3) is 0 Å². The molecule has 1 atom stereocenters. The lowest BCUT2D eigenvalue weighted by atomic mass is 9.88.